The van der Waals surface area contributed by atoms with Crippen LogP contribution in [-0.4, -0.2) is 44.0 Å². The van der Waals surface area contributed by atoms with Gasteiger partial charge >= 0.3 is 5.97 Å². The molecular weight excluding hydrogens is 376 g/mol. The van der Waals surface area contributed by atoms with Gasteiger partial charge in [-0.1, -0.05) is 42.5 Å². The minimum atomic E-state index is -0.762. The average molecular weight is 398 g/mol. The molecule has 2 rings (SSSR count). The number of ether oxygens (including phenoxy) is 2. The van der Waals surface area contributed by atoms with Gasteiger partial charge in [-0.05, 0) is 17.7 Å². The first-order chi connectivity index (χ1) is 14.0. The zero-order valence-corrected chi connectivity index (χ0v) is 16.0. The van der Waals surface area contributed by atoms with Crippen molar-refractivity contribution in [3.63, 3.8) is 0 Å². The second-order valence-electron chi connectivity index (χ2n) is 6.00. The summed E-state index contributed by atoms with van der Waals surface area (Å²) in [4.78, 5) is 47.4. The Kier molecular flexibility index (Phi) is 8.37. The molecule has 29 heavy (non-hydrogen) atoms. The molecule has 0 unspecified atom stereocenters. The quantitative estimate of drug-likeness (QED) is 0.615. The molecule has 0 saturated heterocycles. The molecular formula is C21H22N2O6. The minimum Gasteiger partial charge on any atom is -0.496 e. The van der Waals surface area contributed by atoms with Crippen LogP contribution >= 0.6 is 0 Å². The van der Waals surface area contributed by atoms with E-state index in [4.69, 9.17) is 9.47 Å². The lowest BCUT2D eigenvalue weighted by molar-refractivity contribution is -0.148. The van der Waals surface area contributed by atoms with Gasteiger partial charge < -0.3 is 14.8 Å². The average Bonchev–Trinajstić information content (AvgIpc) is 2.73. The highest BCUT2D eigenvalue weighted by atomic mass is 16.5. The Morgan fingerprint density at radius 3 is 2.31 bits per heavy atom. The SMILES string of the molecule is COc1ccccc1C(=O)NC(=O)COC(=O)CCNC(=O)Cc1ccccc1. The lowest BCUT2D eigenvalue weighted by atomic mass is 10.1. The largest absolute Gasteiger partial charge is 0.496 e. The van der Waals surface area contributed by atoms with E-state index in [0.717, 1.165) is 5.56 Å². The number of methoxy groups -OCH3 is 1. The van der Waals surface area contributed by atoms with Crippen molar-refractivity contribution in [2.75, 3.05) is 20.3 Å². The van der Waals surface area contributed by atoms with Crippen molar-refractivity contribution in [3.8, 4) is 5.75 Å². The van der Waals surface area contributed by atoms with Crippen molar-refractivity contribution in [1.82, 2.24) is 10.6 Å². The van der Waals surface area contributed by atoms with E-state index in [1.807, 2.05) is 30.3 Å². The number of benzene rings is 2. The molecule has 8 heteroatoms. The van der Waals surface area contributed by atoms with Gasteiger partial charge in [-0.2, -0.15) is 0 Å². The fourth-order valence-corrected chi connectivity index (χ4v) is 2.43. The molecule has 3 amide bonds. The smallest absolute Gasteiger partial charge is 0.308 e. The predicted octanol–water partition coefficient (Wildman–Crippen LogP) is 1.24. The van der Waals surface area contributed by atoms with Crippen LogP contribution < -0.4 is 15.4 Å². The number of nitrogens with one attached hydrogen (secondary N) is 2. The second kappa shape index (κ2) is 11.2. The van der Waals surface area contributed by atoms with E-state index in [2.05, 4.69) is 10.6 Å². The summed E-state index contributed by atoms with van der Waals surface area (Å²) in [6.45, 7) is -0.510. The van der Waals surface area contributed by atoms with Crippen LogP contribution in [-0.2, 0) is 25.5 Å². The minimum absolute atomic E-state index is 0.0890. The van der Waals surface area contributed by atoms with E-state index in [9.17, 15) is 19.2 Å². The van der Waals surface area contributed by atoms with E-state index >= 15 is 0 Å². The molecule has 2 N–H and O–H groups in total. The topological polar surface area (TPSA) is 111 Å². The lowest BCUT2D eigenvalue weighted by Gasteiger charge is -2.09. The first kappa shape index (κ1) is 21.6. The highest BCUT2D eigenvalue weighted by molar-refractivity contribution is 6.06. The van der Waals surface area contributed by atoms with Gasteiger partial charge in [-0.25, -0.2) is 0 Å². The van der Waals surface area contributed by atoms with Gasteiger partial charge in [0.15, 0.2) is 6.61 Å². The highest BCUT2D eigenvalue weighted by Crippen LogP contribution is 2.16. The molecule has 0 atom stereocenters. The van der Waals surface area contributed by atoms with Gasteiger partial charge in [0.2, 0.25) is 5.91 Å². The third-order valence-corrected chi connectivity index (χ3v) is 3.83. The standard InChI is InChI=1S/C21H22N2O6/c1-28-17-10-6-5-9-16(17)21(27)23-19(25)14-29-20(26)11-12-22-18(24)13-15-7-3-2-4-8-15/h2-10H,11-14H2,1H3,(H,22,24)(H,23,25,27). The van der Waals surface area contributed by atoms with E-state index in [-0.39, 0.29) is 30.9 Å². The monoisotopic (exact) mass is 398 g/mol. The van der Waals surface area contributed by atoms with E-state index in [0.29, 0.717) is 5.75 Å². The van der Waals surface area contributed by atoms with Gasteiger partial charge in [0.25, 0.3) is 11.8 Å². The summed E-state index contributed by atoms with van der Waals surface area (Å²) < 4.78 is 9.87. The fourth-order valence-electron chi connectivity index (χ4n) is 2.43. The maximum absolute atomic E-state index is 12.1. The van der Waals surface area contributed by atoms with Gasteiger partial charge in [0, 0.05) is 6.54 Å². The Morgan fingerprint density at radius 2 is 1.59 bits per heavy atom. The zero-order chi connectivity index (χ0) is 21.1. The van der Waals surface area contributed by atoms with Crippen molar-refractivity contribution in [3.05, 3.63) is 65.7 Å². The van der Waals surface area contributed by atoms with E-state index in [1.165, 1.54) is 13.2 Å². The highest BCUT2D eigenvalue weighted by Gasteiger charge is 2.16. The van der Waals surface area contributed by atoms with Crippen LogP contribution in [0.25, 0.3) is 0 Å². The third kappa shape index (κ3) is 7.45. The summed E-state index contributed by atoms with van der Waals surface area (Å²) in [7, 11) is 1.41. The summed E-state index contributed by atoms with van der Waals surface area (Å²) >= 11 is 0. The summed E-state index contributed by atoms with van der Waals surface area (Å²) in [5.74, 6) is -1.98. The maximum Gasteiger partial charge on any atom is 0.308 e. The van der Waals surface area contributed by atoms with Gasteiger partial charge in [-0.3, -0.25) is 24.5 Å². The Bertz CT molecular complexity index is 866. The lowest BCUT2D eigenvalue weighted by Crippen LogP contribution is -2.34. The molecule has 0 aromatic heterocycles. The van der Waals surface area contributed by atoms with Crippen molar-refractivity contribution in [2.45, 2.75) is 12.8 Å². The van der Waals surface area contributed by atoms with Crippen LogP contribution in [0.4, 0.5) is 0 Å². The molecule has 0 radical (unpaired) electrons. The normalized spacial score (nSPS) is 9.97. The molecule has 0 aliphatic heterocycles. The van der Waals surface area contributed by atoms with Crippen LogP contribution in [0, 0.1) is 0 Å². The zero-order valence-electron chi connectivity index (χ0n) is 16.0. The first-order valence-corrected chi connectivity index (χ1v) is 8.93. The molecule has 8 nitrogen and oxygen atoms in total. The van der Waals surface area contributed by atoms with Gasteiger partial charge in [0.05, 0.1) is 25.5 Å². The summed E-state index contributed by atoms with van der Waals surface area (Å²) in [5.41, 5.74) is 1.06. The predicted molar refractivity (Wildman–Crippen MR) is 104 cm³/mol. The van der Waals surface area contributed by atoms with Gasteiger partial charge in [0.1, 0.15) is 5.75 Å². The fraction of sp³-hybridized carbons (Fsp3) is 0.238. The summed E-state index contributed by atoms with van der Waals surface area (Å²) in [6, 6.07) is 15.6. The number of imide groups is 1. The summed E-state index contributed by atoms with van der Waals surface area (Å²) in [5, 5.41) is 4.73. The number of hydrogen-bond acceptors (Lipinski definition) is 6. The van der Waals surface area contributed by atoms with Crippen LogP contribution in [0.2, 0.25) is 0 Å². The summed E-state index contributed by atoms with van der Waals surface area (Å²) in [6.07, 6.45) is 0.123. The number of carbonyl (C=O) groups is 4. The van der Waals surface area contributed by atoms with Crippen LogP contribution in [0.1, 0.15) is 22.3 Å². The number of carbonyl (C=O) groups excluding carboxylic acids is 4. The van der Waals surface area contributed by atoms with Gasteiger partial charge in [-0.15, -0.1) is 0 Å². The first-order valence-electron chi connectivity index (χ1n) is 8.93. The van der Waals surface area contributed by atoms with E-state index in [1.54, 1.807) is 18.2 Å². The molecule has 0 aliphatic carbocycles. The molecule has 0 heterocycles. The molecule has 0 bridgehead atoms. The molecule has 2 aromatic carbocycles. The number of para-hydroxylation sites is 1. The number of amides is 3. The molecule has 0 aliphatic rings. The molecule has 0 saturated carbocycles. The van der Waals surface area contributed by atoms with Crippen molar-refractivity contribution in [1.29, 1.82) is 0 Å². The molecule has 2 aromatic rings. The van der Waals surface area contributed by atoms with E-state index < -0.39 is 24.4 Å². The molecule has 0 fully saturated rings. The van der Waals surface area contributed by atoms with Crippen molar-refractivity contribution in [2.24, 2.45) is 0 Å². The molecule has 0 spiro atoms. The third-order valence-electron chi connectivity index (χ3n) is 3.83. The number of hydrogen-bond donors (Lipinski definition) is 2. The molecule has 152 valence electrons. The Labute approximate surface area is 168 Å². The number of esters is 1. The Balaban J connectivity index is 1.66. The van der Waals surface area contributed by atoms with Crippen molar-refractivity contribution >= 4 is 23.7 Å². The number of rotatable bonds is 9. The van der Waals surface area contributed by atoms with Crippen molar-refractivity contribution < 1.29 is 28.7 Å². The Hall–Kier alpha value is -3.68. The Morgan fingerprint density at radius 1 is 0.897 bits per heavy atom. The second-order valence-corrected chi connectivity index (χ2v) is 6.00. The van der Waals surface area contributed by atoms with Crippen LogP contribution in [0.15, 0.2) is 54.6 Å². The van der Waals surface area contributed by atoms with Crippen LogP contribution in [0.3, 0.4) is 0 Å². The maximum atomic E-state index is 12.1. The van der Waals surface area contributed by atoms with Crippen LogP contribution in [0.5, 0.6) is 5.75 Å².